The maximum atomic E-state index is 13.6. The highest BCUT2D eigenvalue weighted by Crippen LogP contribution is 2.23. The standard InChI is InChI=1S/C31H33N3O5/c1-4-6-28-33-27-16-13-24(32-29(35)17-18-30(36)39-5-2)19-26(27)31(37)34(28)20-21-7-9-22(10-8-21)23-11-14-25(38-3)15-12-23/h7-16,19H,4-6,17-18,20H2,1-3H3,(H,32,35). The summed E-state index contributed by atoms with van der Waals surface area (Å²) in [7, 11) is 1.64. The molecule has 0 saturated heterocycles. The number of benzene rings is 3. The number of carbonyl (C=O) groups excluding carboxylic acids is 2. The van der Waals surface area contributed by atoms with Crippen LogP contribution >= 0.6 is 0 Å². The van der Waals surface area contributed by atoms with Crippen molar-refractivity contribution in [1.29, 1.82) is 0 Å². The largest absolute Gasteiger partial charge is 0.497 e. The summed E-state index contributed by atoms with van der Waals surface area (Å²) in [6, 6.07) is 21.1. The molecule has 0 aliphatic carbocycles. The zero-order valence-corrected chi connectivity index (χ0v) is 22.5. The highest BCUT2D eigenvalue weighted by Gasteiger charge is 2.14. The van der Waals surface area contributed by atoms with Crippen LogP contribution in [0.3, 0.4) is 0 Å². The van der Waals surface area contributed by atoms with Crippen LogP contribution in [0.15, 0.2) is 71.5 Å². The molecule has 0 saturated carbocycles. The SMILES string of the molecule is CCCc1nc2ccc(NC(=O)CCC(=O)OCC)cc2c(=O)n1Cc1ccc(-c2ccc(OC)cc2)cc1. The van der Waals surface area contributed by atoms with Crippen molar-refractivity contribution < 1.29 is 19.1 Å². The first-order valence-corrected chi connectivity index (χ1v) is 13.1. The summed E-state index contributed by atoms with van der Waals surface area (Å²) in [5, 5.41) is 3.19. The summed E-state index contributed by atoms with van der Waals surface area (Å²) in [6.07, 6.45) is 1.52. The van der Waals surface area contributed by atoms with Gasteiger partial charge in [-0.1, -0.05) is 43.3 Å². The van der Waals surface area contributed by atoms with Gasteiger partial charge in [-0.2, -0.15) is 0 Å². The molecule has 1 heterocycles. The van der Waals surface area contributed by atoms with Crippen LogP contribution in [0.4, 0.5) is 5.69 Å². The number of aryl methyl sites for hydroxylation is 1. The van der Waals surface area contributed by atoms with E-state index in [9.17, 15) is 14.4 Å². The Bertz CT molecular complexity index is 1510. The van der Waals surface area contributed by atoms with Crippen LogP contribution in [0.1, 0.15) is 44.5 Å². The Morgan fingerprint density at radius 1 is 0.923 bits per heavy atom. The average Bonchev–Trinajstić information content (AvgIpc) is 2.95. The summed E-state index contributed by atoms with van der Waals surface area (Å²) in [5.74, 6) is 0.788. The van der Waals surface area contributed by atoms with Crippen LogP contribution in [0.5, 0.6) is 5.75 Å². The fourth-order valence-electron chi connectivity index (χ4n) is 4.36. The number of nitrogens with zero attached hydrogens (tertiary/aromatic N) is 2. The van der Waals surface area contributed by atoms with Gasteiger partial charge in [-0.05, 0) is 60.4 Å². The number of carbonyl (C=O) groups is 2. The number of ether oxygens (including phenoxy) is 2. The Kier molecular flexibility index (Phi) is 9.10. The molecule has 0 fully saturated rings. The smallest absolute Gasteiger partial charge is 0.306 e. The van der Waals surface area contributed by atoms with E-state index in [-0.39, 0.29) is 30.9 Å². The van der Waals surface area contributed by atoms with Gasteiger partial charge in [-0.25, -0.2) is 4.98 Å². The monoisotopic (exact) mass is 527 g/mol. The van der Waals surface area contributed by atoms with Crippen LogP contribution in [0, 0.1) is 0 Å². The highest BCUT2D eigenvalue weighted by molar-refractivity contribution is 5.94. The quantitative estimate of drug-likeness (QED) is 0.264. The number of esters is 1. The van der Waals surface area contributed by atoms with E-state index in [1.54, 1.807) is 36.8 Å². The van der Waals surface area contributed by atoms with Gasteiger partial charge in [0.1, 0.15) is 11.6 Å². The third-order valence-electron chi connectivity index (χ3n) is 6.37. The van der Waals surface area contributed by atoms with E-state index in [1.165, 1.54) is 0 Å². The number of amides is 1. The lowest BCUT2D eigenvalue weighted by Crippen LogP contribution is -2.26. The zero-order valence-electron chi connectivity index (χ0n) is 22.5. The maximum absolute atomic E-state index is 13.6. The van der Waals surface area contributed by atoms with Gasteiger partial charge in [0, 0.05) is 18.5 Å². The molecule has 0 aliphatic rings. The zero-order chi connectivity index (χ0) is 27.8. The summed E-state index contributed by atoms with van der Waals surface area (Å²) in [5.41, 5.74) is 4.03. The molecule has 0 unspecified atom stereocenters. The second kappa shape index (κ2) is 12.9. The van der Waals surface area contributed by atoms with Gasteiger partial charge in [0.05, 0.1) is 37.6 Å². The van der Waals surface area contributed by atoms with E-state index in [0.29, 0.717) is 29.6 Å². The van der Waals surface area contributed by atoms with Crippen molar-refractivity contribution in [2.24, 2.45) is 0 Å². The van der Waals surface area contributed by atoms with Gasteiger partial charge < -0.3 is 14.8 Å². The molecule has 1 aromatic heterocycles. The van der Waals surface area contributed by atoms with Gasteiger partial charge in [0.15, 0.2) is 0 Å². The minimum Gasteiger partial charge on any atom is -0.497 e. The van der Waals surface area contributed by atoms with Crippen LogP contribution in [0.25, 0.3) is 22.0 Å². The summed E-state index contributed by atoms with van der Waals surface area (Å²) >= 11 is 0. The first kappa shape index (κ1) is 27.6. The van der Waals surface area contributed by atoms with Crippen LogP contribution in [0.2, 0.25) is 0 Å². The number of hydrogen-bond acceptors (Lipinski definition) is 6. The normalized spacial score (nSPS) is 10.8. The molecule has 39 heavy (non-hydrogen) atoms. The highest BCUT2D eigenvalue weighted by atomic mass is 16.5. The third-order valence-corrected chi connectivity index (χ3v) is 6.37. The first-order chi connectivity index (χ1) is 18.9. The van der Waals surface area contributed by atoms with E-state index in [1.807, 2.05) is 48.5 Å². The number of fused-ring (bicyclic) bond motifs is 1. The van der Waals surface area contributed by atoms with Crippen molar-refractivity contribution in [1.82, 2.24) is 9.55 Å². The van der Waals surface area contributed by atoms with Gasteiger partial charge in [-0.3, -0.25) is 19.0 Å². The molecule has 8 heteroatoms. The lowest BCUT2D eigenvalue weighted by atomic mass is 10.0. The Labute approximate surface area is 227 Å². The summed E-state index contributed by atoms with van der Waals surface area (Å²) in [4.78, 5) is 42.3. The molecule has 1 N–H and O–H groups in total. The number of methoxy groups -OCH3 is 1. The molecule has 0 spiro atoms. The number of anilines is 1. The molecular formula is C31H33N3O5. The number of hydrogen-bond donors (Lipinski definition) is 1. The average molecular weight is 528 g/mol. The maximum Gasteiger partial charge on any atom is 0.306 e. The lowest BCUT2D eigenvalue weighted by molar-refractivity contribution is -0.144. The van der Waals surface area contributed by atoms with Gasteiger partial charge in [-0.15, -0.1) is 0 Å². The van der Waals surface area contributed by atoms with Crippen LogP contribution in [-0.2, 0) is 27.3 Å². The van der Waals surface area contributed by atoms with Crippen molar-refractivity contribution in [3.05, 3.63) is 88.5 Å². The molecule has 0 aliphatic heterocycles. The Hall–Kier alpha value is -4.46. The minimum absolute atomic E-state index is 0.000746. The van der Waals surface area contributed by atoms with Crippen molar-refractivity contribution in [3.63, 3.8) is 0 Å². The van der Waals surface area contributed by atoms with E-state index in [0.717, 1.165) is 34.7 Å². The number of aromatic nitrogens is 2. The second-order valence-electron chi connectivity index (χ2n) is 9.18. The predicted octanol–water partition coefficient (Wildman–Crippen LogP) is 5.35. The molecule has 4 aromatic rings. The molecular weight excluding hydrogens is 494 g/mol. The Balaban J connectivity index is 1.57. The third kappa shape index (κ3) is 6.90. The molecule has 0 atom stereocenters. The molecule has 0 bridgehead atoms. The van der Waals surface area contributed by atoms with E-state index >= 15 is 0 Å². The Morgan fingerprint density at radius 3 is 2.26 bits per heavy atom. The predicted molar refractivity (Wildman–Crippen MR) is 152 cm³/mol. The first-order valence-electron chi connectivity index (χ1n) is 13.1. The van der Waals surface area contributed by atoms with E-state index in [4.69, 9.17) is 14.5 Å². The topological polar surface area (TPSA) is 99.5 Å². The molecule has 1 amide bonds. The van der Waals surface area contributed by atoms with Crippen molar-refractivity contribution in [2.45, 2.75) is 46.1 Å². The molecule has 3 aromatic carbocycles. The number of rotatable bonds is 11. The van der Waals surface area contributed by atoms with Crippen molar-refractivity contribution >= 4 is 28.5 Å². The summed E-state index contributed by atoms with van der Waals surface area (Å²) < 4.78 is 11.8. The number of nitrogens with one attached hydrogen (secondary N) is 1. The van der Waals surface area contributed by atoms with E-state index in [2.05, 4.69) is 12.2 Å². The van der Waals surface area contributed by atoms with Crippen molar-refractivity contribution in [3.8, 4) is 16.9 Å². The van der Waals surface area contributed by atoms with Gasteiger partial charge >= 0.3 is 5.97 Å². The Morgan fingerprint density at radius 2 is 1.62 bits per heavy atom. The van der Waals surface area contributed by atoms with Crippen LogP contribution < -0.4 is 15.6 Å². The second-order valence-corrected chi connectivity index (χ2v) is 9.18. The lowest BCUT2D eigenvalue weighted by Gasteiger charge is -2.14. The molecule has 0 radical (unpaired) electrons. The van der Waals surface area contributed by atoms with Crippen LogP contribution in [-0.4, -0.2) is 35.1 Å². The van der Waals surface area contributed by atoms with Gasteiger partial charge in [0.2, 0.25) is 5.91 Å². The van der Waals surface area contributed by atoms with Crippen molar-refractivity contribution in [2.75, 3.05) is 19.0 Å². The minimum atomic E-state index is -0.418. The molecule has 202 valence electrons. The fourth-order valence-corrected chi connectivity index (χ4v) is 4.36. The van der Waals surface area contributed by atoms with E-state index < -0.39 is 5.97 Å². The fraction of sp³-hybridized carbons (Fsp3) is 0.290. The summed E-state index contributed by atoms with van der Waals surface area (Å²) in [6.45, 7) is 4.43. The molecule has 8 nitrogen and oxygen atoms in total. The van der Waals surface area contributed by atoms with Gasteiger partial charge in [0.25, 0.3) is 5.56 Å². The molecule has 4 rings (SSSR count).